The third-order valence-electron chi connectivity index (χ3n) is 3.57. The quantitative estimate of drug-likeness (QED) is 0.674. The van der Waals surface area contributed by atoms with E-state index in [9.17, 15) is 9.59 Å². The van der Waals surface area contributed by atoms with Crippen LogP contribution in [-0.4, -0.2) is 11.7 Å². The molecule has 1 amide bonds. The smallest absolute Gasteiger partial charge is 0.256 e. The molecule has 0 bridgehead atoms. The molecule has 2 aromatic carbocycles. The van der Waals surface area contributed by atoms with Gasteiger partial charge < -0.3 is 5.32 Å². The van der Waals surface area contributed by atoms with E-state index in [0.29, 0.717) is 11.1 Å². The topological polar surface area (TPSA) is 46.2 Å². The average Bonchev–Trinajstić information content (AvgIpc) is 2.76. The van der Waals surface area contributed by atoms with Crippen molar-refractivity contribution >= 4 is 23.0 Å². The van der Waals surface area contributed by atoms with Crippen molar-refractivity contribution in [2.75, 3.05) is 5.32 Å². The number of benzene rings is 2. The van der Waals surface area contributed by atoms with Crippen LogP contribution in [0.1, 0.15) is 27.0 Å². The van der Waals surface area contributed by atoms with Crippen molar-refractivity contribution in [1.29, 1.82) is 0 Å². The minimum Gasteiger partial charge on any atom is -0.321 e. The Morgan fingerprint density at radius 3 is 2.38 bits per heavy atom. The van der Waals surface area contributed by atoms with Crippen LogP contribution in [0, 0.1) is 13.8 Å². The number of allylic oxidation sites excluding steroid dienone is 1. The largest absolute Gasteiger partial charge is 0.321 e. The number of carbonyl (C=O) groups excluding carboxylic acids is 2. The Balaban J connectivity index is 2.00. The van der Waals surface area contributed by atoms with Crippen LogP contribution in [0.5, 0.6) is 0 Å². The number of nitrogens with one attached hydrogen (secondary N) is 1. The van der Waals surface area contributed by atoms with Gasteiger partial charge in [-0.1, -0.05) is 41.5 Å². The molecule has 0 aromatic heterocycles. The first kappa shape index (κ1) is 13.3. The van der Waals surface area contributed by atoms with Gasteiger partial charge in [-0.25, -0.2) is 0 Å². The number of hydrogen-bond donors (Lipinski definition) is 1. The van der Waals surface area contributed by atoms with Crippen LogP contribution in [0.25, 0.3) is 5.57 Å². The molecule has 3 rings (SSSR count). The third kappa shape index (κ3) is 2.50. The van der Waals surface area contributed by atoms with Gasteiger partial charge in [0, 0.05) is 16.8 Å². The molecule has 3 heteroatoms. The molecule has 0 saturated carbocycles. The predicted molar refractivity (Wildman–Crippen MR) is 83.3 cm³/mol. The van der Waals surface area contributed by atoms with E-state index in [0.717, 1.165) is 22.4 Å². The first-order valence-electron chi connectivity index (χ1n) is 6.79. The molecule has 1 N–H and O–H groups in total. The minimum atomic E-state index is -0.226. The molecule has 104 valence electrons. The van der Waals surface area contributed by atoms with E-state index in [1.807, 2.05) is 44.2 Å². The van der Waals surface area contributed by atoms with Crippen LogP contribution in [0.4, 0.5) is 5.69 Å². The Bertz CT molecular complexity index is 770. The molecule has 0 spiro atoms. The van der Waals surface area contributed by atoms with E-state index in [2.05, 4.69) is 5.32 Å². The highest BCUT2D eigenvalue weighted by molar-refractivity contribution is 6.35. The maximum atomic E-state index is 12.3. The Morgan fingerprint density at radius 1 is 1.00 bits per heavy atom. The van der Waals surface area contributed by atoms with E-state index in [4.69, 9.17) is 0 Å². The Labute approximate surface area is 123 Å². The van der Waals surface area contributed by atoms with Gasteiger partial charge in [0.1, 0.15) is 0 Å². The van der Waals surface area contributed by atoms with Crippen molar-refractivity contribution in [2.45, 2.75) is 13.8 Å². The van der Waals surface area contributed by atoms with Crippen molar-refractivity contribution in [1.82, 2.24) is 0 Å². The van der Waals surface area contributed by atoms with E-state index in [1.165, 1.54) is 6.08 Å². The van der Waals surface area contributed by atoms with Crippen molar-refractivity contribution in [2.24, 2.45) is 0 Å². The fourth-order valence-corrected chi connectivity index (χ4v) is 2.38. The second kappa shape index (κ2) is 5.02. The molecule has 0 atom stereocenters. The number of carbonyl (C=O) groups is 2. The lowest BCUT2D eigenvalue weighted by Gasteiger charge is -2.01. The summed E-state index contributed by atoms with van der Waals surface area (Å²) < 4.78 is 0. The van der Waals surface area contributed by atoms with Crippen LogP contribution in [-0.2, 0) is 4.79 Å². The fourth-order valence-electron chi connectivity index (χ4n) is 2.38. The van der Waals surface area contributed by atoms with Crippen LogP contribution >= 0.6 is 0 Å². The summed E-state index contributed by atoms with van der Waals surface area (Å²) in [6.45, 7) is 3.93. The molecule has 0 saturated heterocycles. The van der Waals surface area contributed by atoms with Gasteiger partial charge in [0.15, 0.2) is 5.78 Å². The predicted octanol–water partition coefficient (Wildman–Crippen LogP) is 3.52. The normalized spacial score (nSPS) is 15.0. The molecule has 1 aliphatic rings. The monoisotopic (exact) mass is 277 g/mol. The number of hydrogen-bond acceptors (Lipinski definition) is 2. The Hall–Kier alpha value is -2.68. The molecular weight excluding hydrogens is 262 g/mol. The van der Waals surface area contributed by atoms with Crippen molar-refractivity contribution in [3.63, 3.8) is 0 Å². The highest BCUT2D eigenvalue weighted by atomic mass is 16.2. The molecule has 3 nitrogen and oxygen atoms in total. The summed E-state index contributed by atoms with van der Waals surface area (Å²) in [5, 5.41) is 2.78. The zero-order valence-electron chi connectivity index (χ0n) is 11.9. The van der Waals surface area contributed by atoms with Crippen LogP contribution < -0.4 is 5.32 Å². The van der Waals surface area contributed by atoms with E-state index < -0.39 is 0 Å². The summed E-state index contributed by atoms with van der Waals surface area (Å²) in [4.78, 5) is 24.3. The molecule has 2 aromatic rings. The molecule has 1 aliphatic heterocycles. The summed E-state index contributed by atoms with van der Waals surface area (Å²) in [7, 11) is 0. The van der Waals surface area contributed by atoms with Crippen molar-refractivity contribution in [3.05, 3.63) is 70.8 Å². The van der Waals surface area contributed by atoms with Gasteiger partial charge >= 0.3 is 0 Å². The van der Waals surface area contributed by atoms with Gasteiger partial charge in [-0.2, -0.15) is 0 Å². The lowest BCUT2D eigenvalue weighted by atomic mass is 10.0. The van der Waals surface area contributed by atoms with Gasteiger partial charge in [-0.15, -0.1) is 0 Å². The first-order chi connectivity index (χ1) is 10.0. The lowest BCUT2D eigenvalue weighted by Crippen LogP contribution is -2.06. The van der Waals surface area contributed by atoms with Gasteiger partial charge in [-0.3, -0.25) is 9.59 Å². The number of ketones is 1. The summed E-state index contributed by atoms with van der Waals surface area (Å²) in [5.74, 6) is -0.384. The number of anilines is 1. The zero-order valence-corrected chi connectivity index (χ0v) is 11.9. The number of fused-ring (bicyclic) bond motifs is 1. The Morgan fingerprint density at radius 2 is 1.67 bits per heavy atom. The number of rotatable bonds is 2. The molecule has 0 unspecified atom stereocenters. The fraction of sp³-hybridized carbons (Fsp3) is 0.111. The van der Waals surface area contributed by atoms with Gasteiger partial charge in [0.2, 0.25) is 0 Å². The maximum Gasteiger partial charge on any atom is 0.256 e. The van der Waals surface area contributed by atoms with E-state index >= 15 is 0 Å². The highest BCUT2D eigenvalue weighted by Gasteiger charge is 2.24. The summed E-state index contributed by atoms with van der Waals surface area (Å²) in [6, 6.07) is 13.0. The summed E-state index contributed by atoms with van der Waals surface area (Å²) >= 11 is 0. The van der Waals surface area contributed by atoms with Crippen molar-refractivity contribution in [3.8, 4) is 0 Å². The zero-order chi connectivity index (χ0) is 15.0. The molecule has 0 fully saturated rings. The Kier molecular flexibility index (Phi) is 3.18. The molecule has 1 heterocycles. The second-order valence-corrected chi connectivity index (χ2v) is 5.29. The molecule has 0 radical (unpaired) electrons. The average molecular weight is 277 g/mol. The van der Waals surface area contributed by atoms with Gasteiger partial charge in [0.25, 0.3) is 5.91 Å². The third-order valence-corrected chi connectivity index (χ3v) is 3.57. The SMILES string of the molecule is Cc1ccc(C(=O)/C=C2\C(=O)Nc3ccc(C)cc32)cc1. The molecular formula is C18H15NO2. The van der Waals surface area contributed by atoms with E-state index in [1.54, 1.807) is 12.1 Å². The molecule has 0 aliphatic carbocycles. The molecule has 21 heavy (non-hydrogen) atoms. The number of amides is 1. The van der Waals surface area contributed by atoms with Crippen LogP contribution in [0.2, 0.25) is 0 Å². The minimum absolute atomic E-state index is 0.158. The van der Waals surface area contributed by atoms with Gasteiger partial charge in [-0.05, 0) is 32.1 Å². The maximum absolute atomic E-state index is 12.3. The summed E-state index contributed by atoms with van der Waals surface area (Å²) in [5.41, 5.74) is 4.72. The first-order valence-corrected chi connectivity index (χ1v) is 6.79. The second-order valence-electron chi connectivity index (χ2n) is 5.29. The van der Waals surface area contributed by atoms with Crippen LogP contribution in [0.3, 0.4) is 0 Å². The standard InChI is InChI=1S/C18H15NO2/c1-11-3-6-13(7-4-11)17(20)10-15-14-9-12(2)5-8-16(14)19-18(15)21/h3-10H,1-2H3,(H,19,21)/b15-10-. The number of aryl methyl sites for hydroxylation is 2. The lowest BCUT2D eigenvalue weighted by molar-refractivity contribution is -0.110. The summed E-state index contributed by atoms with van der Waals surface area (Å²) in [6.07, 6.45) is 1.42. The van der Waals surface area contributed by atoms with E-state index in [-0.39, 0.29) is 11.7 Å². The van der Waals surface area contributed by atoms with Crippen molar-refractivity contribution < 1.29 is 9.59 Å². The van der Waals surface area contributed by atoms with Crippen LogP contribution in [0.15, 0.2) is 48.5 Å². The highest BCUT2D eigenvalue weighted by Crippen LogP contribution is 2.32. The van der Waals surface area contributed by atoms with Gasteiger partial charge in [0.05, 0.1) is 5.57 Å².